The van der Waals surface area contributed by atoms with Crippen molar-refractivity contribution in [2.24, 2.45) is 0 Å². The molecule has 0 radical (unpaired) electrons. The molecule has 3 aromatic carbocycles. The van der Waals surface area contributed by atoms with E-state index < -0.39 is 0 Å². The van der Waals surface area contributed by atoms with E-state index in [1.54, 1.807) is 36.3 Å². The smallest absolute Gasteiger partial charge is 0.277 e. The van der Waals surface area contributed by atoms with Gasteiger partial charge in [-0.1, -0.05) is 59.6 Å². The van der Waals surface area contributed by atoms with Crippen molar-refractivity contribution in [3.05, 3.63) is 99.2 Å². The van der Waals surface area contributed by atoms with E-state index in [0.717, 1.165) is 16.7 Å². The van der Waals surface area contributed by atoms with Crippen LogP contribution in [0.1, 0.15) is 29.7 Å². The van der Waals surface area contributed by atoms with E-state index in [0.29, 0.717) is 32.4 Å². The highest BCUT2D eigenvalue weighted by atomic mass is 35.5. The zero-order valence-corrected chi connectivity index (χ0v) is 20.9. The Morgan fingerprint density at radius 2 is 1.79 bits per heavy atom. The van der Waals surface area contributed by atoms with E-state index in [1.807, 2.05) is 55.5 Å². The molecule has 1 atom stereocenters. The van der Waals surface area contributed by atoms with Gasteiger partial charge in [0.1, 0.15) is 23.8 Å². The maximum absolute atomic E-state index is 13.2. The molecular weight excluding hydrogens is 491 g/mol. The summed E-state index contributed by atoms with van der Waals surface area (Å²) in [4.78, 5) is 14.7. The summed E-state index contributed by atoms with van der Waals surface area (Å²) < 4.78 is 11.4. The second kappa shape index (κ2) is 10.5. The SMILES string of the molecule is COc1ccc(/C=C2\NC(=S)N(C(C)c3ccccc3)C2=O)cc1COc1ccc(Cl)cc1Cl. The molecule has 0 bridgehead atoms. The topological polar surface area (TPSA) is 50.8 Å². The monoisotopic (exact) mass is 512 g/mol. The fourth-order valence-electron chi connectivity index (χ4n) is 3.70. The van der Waals surface area contributed by atoms with Crippen molar-refractivity contribution in [1.82, 2.24) is 10.2 Å². The molecule has 8 heteroatoms. The van der Waals surface area contributed by atoms with Gasteiger partial charge in [-0.25, -0.2) is 0 Å². The maximum Gasteiger partial charge on any atom is 0.277 e. The predicted molar refractivity (Wildman–Crippen MR) is 139 cm³/mol. The molecule has 5 nitrogen and oxygen atoms in total. The standard InChI is InChI=1S/C26H22Cl2N2O3S/c1-16(18-6-4-3-5-7-18)30-25(31)22(29-26(30)34)13-17-8-10-23(32-2)19(12-17)15-33-24-11-9-20(27)14-21(24)28/h3-14,16H,15H2,1-2H3,(H,29,34)/b22-13-. The van der Waals surface area contributed by atoms with Crippen LogP contribution in [-0.2, 0) is 11.4 Å². The molecule has 1 saturated heterocycles. The van der Waals surface area contributed by atoms with Crippen LogP contribution in [0, 0.1) is 0 Å². The first-order valence-corrected chi connectivity index (χ1v) is 11.7. The molecule has 1 aliphatic heterocycles. The first-order valence-electron chi connectivity index (χ1n) is 10.5. The Labute approximate surface area is 213 Å². The molecular formula is C26H22Cl2N2O3S. The lowest BCUT2D eigenvalue weighted by Crippen LogP contribution is -2.33. The second-order valence-electron chi connectivity index (χ2n) is 7.68. The fourth-order valence-corrected chi connectivity index (χ4v) is 4.51. The fraction of sp³-hybridized carbons (Fsp3) is 0.154. The van der Waals surface area contributed by atoms with Crippen molar-refractivity contribution in [2.75, 3.05) is 7.11 Å². The van der Waals surface area contributed by atoms with Gasteiger partial charge >= 0.3 is 0 Å². The van der Waals surface area contributed by atoms with E-state index in [2.05, 4.69) is 5.32 Å². The minimum atomic E-state index is -0.191. The average molecular weight is 513 g/mol. The number of nitrogens with zero attached hydrogens (tertiary/aromatic N) is 1. The number of carbonyl (C=O) groups excluding carboxylic acids is 1. The van der Waals surface area contributed by atoms with E-state index in [4.69, 9.17) is 44.9 Å². The average Bonchev–Trinajstić information content (AvgIpc) is 3.11. The molecule has 1 N–H and O–H groups in total. The number of nitrogens with one attached hydrogen (secondary N) is 1. The molecule has 3 aromatic rings. The molecule has 0 aliphatic carbocycles. The van der Waals surface area contributed by atoms with Crippen LogP contribution in [0.3, 0.4) is 0 Å². The third-order valence-corrected chi connectivity index (χ3v) is 6.30. The van der Waals surface area contributed by atoms with Crippen LogP contribution in [-0.4, -0.2) is 23.0 Å². The number of halogens is 2. The van der Waals surface area contributed by atoms with Gasteiger partial charge in [0, 0.05) is 10.6 Å². The third kappa shape index (κ3) is 5.20. The number of rotatable bonds is 7. The second-order valence-corrected chi connectivity index (χ2v) is 8.92. The van der Waals surface area contributed by atoms with Crippen LogP contribution >= 0.6 is 35.4 Å². The van der Waals surface area contributed by atoms with Crippen molar-refractivity contribution < 1.29 is 14.3 Å². The zero-order chi connectivity index (χ0) is 24.2. The highest BCUT2D eigenvalue weighted by molar-refractivity contribution is 7.80. The lowest BCUT2D eigenvalue weighted by Gasteiger charge is -2.23. The van der Waals surface area contributed by atoms with Crippen LogP contribution in [0.15, 0.2) is 72.4 Å². The molecule has 1 amide bonds. The van der Waals surface area contributed by atoms with Gasteiger partial charge < -0.3 is 14.8 Å². The van der Waals surface area contributed by atoms with Crippen LogP contribution in [0.25, 0.3) is 6.08 Å². The van der Waals surface area contributed by atoms with E-state index in [9.17, 15) is 4.79 Å². The zero-order valence-electron chi connectivity index (χ0n) is 18.5. The molecule has 1 heterocycles. The molecule has 1 aliphatic rings. The van der Waals surface area contributed by atoms with Crippen molar-refractivity contribution in [1.29, 1.82) is 0 Å². The largest absolute Gasteiger partial charge is 0.496 e. The van der Waals surface area contributed by atoms with Crippen molar-refractivity contribution in [2.45, 2.75) is 19.6 Å². The molecule has 1 fully saturated rings. The summed E-state index contributed by atoms with van der Waals surface area (Å²) in [6.07, 6.45) is 1.77. The first-order chi connectivity index (χ1) is 16.4. The lowest BCUT2D eigenvalue weighted by atomic mass is 10.1. The quantitative estimate of drug-likeness (QED) is 0.293. The molecule has 0 spiro atoms. The van der Waals surface area contributed by atoms with Gasteiger partial charge in [0.25, 0.3) is 5.91 Å². The Hall–Kier alpha value is -3.06. The van der Waals surface area contributed by atoms with Crippen molar-refractivity contribution in [3.63, 3.8) is 0 Å². The summed E-state index contributed by atoms with van der Waals surface area (Å²) in [5.74, 6) is 0.996. The number of benzene rings is 3. The number of hydrogen-bond acceptors (Lipinski definition) is 4. The van der Waals surface area contributed by atoms with Crippen LogP contribution < -0.4 is 14.8 Å². The lowest BCUT2D eigenvalue weighted by molar-refractivity contribution is -0.123. The molecule has 174 valence electrons. The molecule has 1 unspecified atom stereocenters. The Balaban J connectivity index is 1.55. The number of carbonyl (C=O) groups is 1. The maximum atomic E-state index is 13.2. The van der Waals surface area contributed by atoms with E-state index in [-0.39, 0.29) is 18.6 Å². The van der Waals surface area contributed by atoms with Gasteiger partial charge in [0.2, 0.25) is 0 Å². The van der Waals surface area contributed by atoms with Crippen molar-refractivity contribution >= 4 is 52.5 Å². The number of thiocarbonyl (C=S) groups is 1. The molecule has 0 saturated carbocycles. The van der Waals surface area contributed by atoms with Gasteiger partial charge in [0.05, 0.1) is 18.2 Å². The number of ether oxygens (including phenoxy) is 2. The molecule has 4 rings (SSSR count). The normalized spacial score (nSPS) is 15.4. The highest BCUT2D eigenvalue weighted by Crippen LogP contribution is 2.30. The summed E-state index contributed by atoms with van der Waals surface area (Å²) in [5, 5.41) is 4.38. The summed E-state index contributed by atoms with van der Waals surface area (Å²) in [6, 6.07) is 20.2. The van der Waals surface area contributed by atoms with Gasteiger partial charge in [-0.15, -0.1) is 0 Å². The van der Waals surface area contributed by atoms with Crippen molar-refractivity contribution in [3.8, 4) is 11.5 Å². The highest BCUT2D eigenvalue weighted by Gasteiger charge is 2.34. The van der Waals surface area contributed by atoms with Crippen LogP contribution in [0.5, 0.6) is 11.5 Å². The van der Waals surface area contributed by atoms with Gasteiger partial charge in [-0.05, 0) is 66.7 Å². The van der Waals surface area contributed by atoms with Gasteiger partial charge in [0.15, 0.2) is 5.11 Å². The first kappa shape index (κ1) is 24.1. The van der Waals surface area contributed by atoms with Crippen LogP contribution in [0.2, 0.25) is 10.0 Å². The predicted octanol–water partition coefficient (Wildman–Crippen LogP) is 6.40. The third-order valence-electron chi connectivity index (χ3n) is 5.47. The molecule has 34 heavy (non-hydrogen) atoms. The summed E-state index contributed by atoms with van der Waals surface area (Å²) in [7, 11) is 1.59. The Morgan fingerprint density at radius 1 is 1.06 bits per heavy atom. The summed E-state index contributed by atoms with van der Waals surface area (Å²) in [6.45, 7) is 2.17. The van der Waals surface area contributed by atoms with Gasteiger partial charge in [-0.3, -0.25) is 9.69 Å². The number of hydrogen-bond donors (Lipinski definition) is 1. The number of amides is 1. The minimum absolute atomic E-state index is 0.178. The Kier molecular flexibility index (Phi) is 7.41. The summed E-state index contributed by atoms with van der Waals surface area (Å²) in [5.41, 5.74) is 3.01. The van der Waals surface area contributed by atoms with E-state index >= 15 is 0 Å². The van der Waals surface area contributed by atoms with Crippen LogP contribution in [0.4, 0.5) is 0 Å². The number of methoxy groups -OCH3 is 1. The Bertz CT molecular complexity index is 1260. The van der Waals surface area contributed by atoms with Gasteiger partial charge in [-0.2, -0.15) is 0 Å². The summed E-state index contributed by atoms with van der Waals surface area (Å²) >= 11 is 17.6. The van der Waals surface area contributed by atoms with E-state index in [1.165, 1.54) is 0 Å². The minimum Gasteiger partial charge on any atom is -0.496 e. The molecule has 0 aromatic heterocycles. The Morgan fingerprint density at radius 3 is 2.50 bits per heavy atom.